The molecule has 5 heterocycles. The summed E-state index contributed by atoms with van der Waals surface area (Å²) in [6.45, 7) is 4.29. The Morgan fingerprint density at radius 1 is 1.33 bits per heavy atom. The number of hydrogen-bond donors (Lipinski definition) is 5. The summed E-state index contributed by atoms with van der Waals surface area (Å²) in [5, 5.41) is 36.3. The van der Waals surface area contributed by atoms with Crippen LogP contribution in [0.5, 0.6) is 0 Å². The number of tetrazole rings is 1. The maximum absolute atomic E-state index is 13.1. The van der Waals surface area contributed by atoms with Crippen LogP contribution in [0.4, 0.5) is 0 Å². The first-order valence-corrected chi connectivity index (χ1v) is 13.9. The molecule has 0 spiro atoms. The number of hydrogen-bond acceptors (Lipinski definition) is 11. The van der Waals surface area contributed by atoms with Crippen molar-refractivity contribution in [2.45, 2.75) is 68.7 Å². The molecular weight excluding hydrogens is 530 g/mol. The third-order valence-corrected chi connectivity index (χ3v) is 9.55. The molecule has 15 nitrogen and oxygen atoms in total. The van der Waals surface area contributed by atoms with Crippen LogP contribution in [0.1, 0.15) is 26.7 Å². The molecule has 1 aromatic rings. The molecule has 0 aliphatic carbocycles. The number of nitrogens with two attached hydrogens (primary N) is 1. The number of amides is 3. The summed E-state index contributed by atoms with van der Waals surface area (Å²) in [6, 6.07) is -1.82. The van der Waals surface area contributed by atoms with Gasteiger partial charge in [0.25, 0.3) is 0 Å². The zero-order valence-corrected chi connectivity index (χ0v) is 22.5. The first-order valence-electron chi connectivity index (χ1n) is 13.0. The Hall–Kier alpha value is -3.08. The highest BCUT2D eigenvalue weighted by Crippen LogP contribution is 2.51. The number of aliphatic hydroxyl groups is 1. The van der Waals surface area contributed by atoms with Gasteiger partial charge in [0.1, 0.15) is 18.6 Å². The molecule has 5 rings (SSSR count). The smallest absolute Gasteiger partial charge is 0.353 e. The third kappa shape index (κ3) is 5.01. The van der Waals surface area contributed by atoms with Crippen molar-refractivity contribution in [2.24, 2.45) is 17.6 Å². The number of carboxylic acids is 1. The van der Waals surface area contributed by atoms with E-state index < -0.39 is 30.0 Å². The van der Waals surface area contributed by atoms with Crippen molar-refractivity contribution in [3.05, 3.63) is 16.9 Å². The molecule has 4 aliphatic heterocycles. The zero-order chi connectivity index (χ0) is 28.0. The van der Waals surface area contributed by atoms with Gasteiger partial charge < -0.3 is 36.4 Å². The molecule has 212 valence electrons. The highest BCUT2D eigenvalue weighted by Gasteiger charge is 2.60. The number of rotatable bonds is 9. The number of β-lactam (4-membered cyclic amide) rings is 1. The number of thioether (sulfide) groups is 1. The molecular formula is C23H33N9O6S. The minimum atomic E-state index is -1.18. The summed E-state index contributed by atoms with van der Waals surface area (Å²) in [4.78, 5) is 54.6. The van der Waals surface area contributed by atoms with Gasteiger partial charge in [-0.2, -0.15) is 0 Å². The van der Waals surface area contributed by atoms with E-state index in [1.54, 1.807) is 11.8 Å². The van der Waals surface area contributed by atoms with Gasteiger partial charge in [-0.1, -0.05) is 6.92 Å². The topological polar surface area (TPSA) is 209 Å². The maximum atomic E-state index is 13.1. The summed E-state index contributed by atoms with van der Waals surface area (Å²) >= 11 is 1.39. The molecule has 0 radical (unpaired) electrons. The van der Waals surface area contributed by atoms with Gasteiger partial charge in [-0.15, -0.1) is 16.9 Å². The van der Waals surface area contributed by atoms with Crippen LogP contribution in [0.25, 0.3) is 0 Å². The van der Waals surface area contributed by atoms with Crippen LogP contribution in [0.2, 0.25) is 0 Å². The summed E-state index contributed by atoms with van der Waals surface area (Å²) in [7, 11) is 0. The van der Waals surface area contributed by atoms with Gasteiger partial charge >= 0.3 is 5.97 Å². The Labute approximate surface area is 228 Å². The normalized spacial score (nSPS) is 32.8. The van der Waals surface area contributed by atoms with Crippen LogP contribution in [-0.4, -0.2) is 119 Å². The molecule has 16 heteroatoms. The highest BCUT2D eigenvalue weighted by molar-refractivity contribution is 8.03. The van der Waals surface area contributed by atoms with Crippen molar-refractivity contribution < 1.29 is 29.4 Å². The Morgan fingerprint density at radius 3 is 2.77 bits per heavy atom. The van der Waals surface area contributed by atoms with Gasteiger partial charge in [0.2, 0.25) is 17.7 Å². The van der Waals surface area contributed by atoms with Gasteiger partial charge in [-0.05, 0) is 30.2 Å². The molecule has 3 amide bonds. The second-order valence-corrected chi connectivity index (χ2v) is 12.0. The maximum Gasteiger partial charge on any atom is 0.353 e. The average molecular weight is 564 g/mol. The molecule has 3 fully saturated rings. The molecule has 1 aromatic heterocycles. The molecule has 0 saturated carbocycles. The molecule has 6 N–H and O–H groups in total. The summed E-state index contributed by atoms with van der Waals surface area (Å²) in [5.41, 5.74) is 5.98. The van der Waals surface area contributed by atoms with Gasteiger partial charge in [0.05, 0.1) is 30.7 Å². The van der Waals surface area contributed by atoms with Crippen molar-refractivity contribution in [1.29, 1.82) is 0 Å². The fraction of sp³-hybridized carbons (Fsp3) is 0.696. The Bertz CT molecular complexity index is 1180. The van der Waals surface area contributed by atoms with E-state index in [4.69, 9.17) is 5.73 Å². The van der Waals surface area contributed by atoms with E-state index in [2.05, 4.69) is 26.2 Å². The summed E-state index contributed by atoms with van der Waals surface area (Å²) < 4.78 is 1.27. The van der Waals surface area contributed by atoms with Crippen LogP contribution in [0.3, 0.4) is 0 Å². The minimum absolute atomic E-state index is 0.0217. The van der Waals surface area contributed by atoms with E-state index in [1.165, 1.54) is 27.7 Å². The van der Waals surface area contributed by atoms with Crippen molar-refractivity contribution in [2.75, 3.05) is 19.7 Å². The number of fused-ring (bicyclic) bond motifs is 1. The minimum Gasteiger partial charge on any atom is -0.477 e. The Kier molecular flexibility index (Phi) is 7.63. The van der Waals surface area contributed by atoms with E-state index in [9.17, 15) is 29.4 Å². The van der Waals surface area contributed by atoms with Crippen LogP contribution in [0, 0.1) is 11.8 Å². The summed E-state index contributed by atoms with van der Waals surface area (Å²) in [6.07, 6.45) is 2.36. The lowest BCUT2D eigenvalue weighted by atomic mass is 9.78. The number of aromatic nitrogens is 4. The monoisotopic (exact) mass is 563 g/mol. The van der Waals surface area contributed by atoms with Gasteiger partial charge in [-0.25, -0.2) is 9.48 Å². The lowest BCUT2D eigenvalue weighted by Crippen LogP contribution is -2.66. The highest BCUT2D eigenvalue weighted by atomic mass is 32.2. The number of carbonyl (C=O) groups excluding carboxylic acids is 3. The first-order chi connectivity index (χ1) is 18.6. The largest absolute Gasteiger partial charge is 0.477 e. The molecule has 8 atom stereocenters. The van der Waals surface area contributed by atoms with E-state index in [1.807, 2.05) is 6.92 Å². The lowest BCUT2D eigenvalue weighted by Gasteiger charge is -2.47. The van der Waals surface area contributed by atoms with E-state index >= 15 is 0 Å². The SMILES string of the molecule is C[C@@H](NC(=O)Cn1cnnn1)[C@H]1C(=O)N2C(C(=O)O)=C(S[C@@H]3CN[C@H](C(=O)N4C[C@@H](N)C[C@H]4CO)C3)[C@H](C)[C@H]12. The van der Waals surface area contributed by atoms with Crippen LogP contribution < -0.4 is 16.4 Å². The van der Waals surface area contributed by atoms with Crippen molar-refractivity contribution in [3.63, 3.8) is 0 Å². The summed E-state index contributed by atoms with van der Waals surface area (Å²) in [5.74, 6) is -2.81. The number of carboxylic acid groups (broad SMARTS) is 1. The zero-order valence-electron chi connectivity index (χ0n) is 21.6. The number of nitrogens with one attached hydrogen (secondary N) is 2. The fourth-order valence-electron chi connectivity index (χ4n) is 6.24. The van der Waals surface area contributed by atoms with Crippen LogP contribution >= 0.6 is 11.8 Å². The molecule has 3 saturated heterocycles. The lowest BCUT2D eigenvalue weighted by molar-refractivity contribution is -0.158. The Balaban J connectivity index is 1.23. The number of aliphatic carboxylic acids is 1. The molecule has 0 aromatic carbocycles. The van der Waals surface area contributed by atoms with Crippen molar-refractivity contribution >= 4 is 35.5 Å². The van der Waals surface area contributed by atoms with Crippen molar-refractivity contribution in [1.82, 2.24) is 40.6 Å². The van der Waals surface area contributed by atoms with Gasteiger partial charge in [0.15, 0.2) is 0 Å². The van der Waals surface area contributed by atoms with Gasteiger partial charge in [-0.3, -0.25) is 14.4 Å². The first kappa shape index (κ1) is 27.5. The van der Waals surface area contributed by atoms with E-state index in [-0.39, 0.29) is 59.8 Å². The second-order valence-electron chi connectivity index (χ2n) is 10.7. The van der Waals surface area contributed by atoms with Gasteiger partial charge in [0, 0.05) is 41.2 Å². The van der Waals surface area contributed by atoms with Crippen molar-refractivity contribution in [3.8, 4) is 0 Å². The standard InChI is InChI=1S/C23H33N9O6S/c1-10-18-17(11(2)27-16(34)7-30-9-26-28-29-30)22(36)32(18)19(23(37)38)20(10)39-14-4-15(25-5-14)21(35)31-6-12(24)3-13(31)8-33/h9-15,17-18,25,33H,3-8,24H2,1-2H3,(H,27,34)(H,37,38)/t10-,11-,12+,13+,14+,15+,17-,18-/m1/s1. The average Bonchev–Trinajstić information content (AvgIpc) is 3.67. The third-order valence-electron chi connectivity index (χ3n) is 8.04. The quantitative estimate of drug-likeness (QED) is 0.195. The predicted octanol–water partition coefficient (Wildman–Crippen LogP) is -2.67. The predicted molar refractivity (Wildman–Crippen MR) is 136 cm³/mol. The fourth-order valence-corrected chi connectivity index (χ4v) is 7.72. The molecule has 39 heavy (non-hydrogen) atoms. The van der Waals surface area contributed by atoms with Crippen LogP contribution in [0.15, 0.2) is 16.9 Å². The van der Waals surface area contributed by atoms with Crippen LogP contribution in [-0.2, 0) is 25.7 Å². The number of aliphatic hydroxyl groups excluding tert-OH is 1. The number of likely N-dealkylation sites (tertiary alicyclic amines) is 1. The molecule has 0 bridgehead atoms. The number of nitrogens with zero attached hydrogens (tertiary/aromatic N) is 6. The second kappa shape index (κ2) is 10.8. The number of carbonyl (C=O) groups is 4. The van der Waals surface area contributed by atoms with E-state index in [0.29, 0.717) is 30.8 Å². The molecule has 0 unspecified atom stereocenters. The Morgan fingerprint density at radius 2 is 2.10 bits per heavy atom. The molecule has 4 aliphatic rings. The van der Waals surface area contributed by atoms with E-state index in [0.717, 1.165) is 0 Å².